The molecule has 9 heteroatoms. The summed E-state index contributed by atoms with van der Waals surface area (Å²) < 4.78 is 0.891. The minimum atomic E-state index is -0.172. The van der Waals surface area contributed by atoms with Crippen LogP contribution in [0.1, 0.15) is 23.3 Å². The Kier molecular flexibility index (Phi) is 5.62. The Balaban J connectivity index is 1.59. The number of nitrogens with zero attached hydrogens (tertiary/aromatic N) is 5. The second kappa shape index (κ2) is 7.89. The maximum Gasteiger partial charge on any atom is 0.271 e. The first kappa shape index (κ1) is 17.1. The summed E-state index contributed by atoms with van der Waals surface area (Å²) in [5.41, 5.74) is 0.350. The summed E-state index contributed by atoms with van der Waals surface area (Å²) in [6.07, 6.45) is 10.0. The van der Waals surface area contributed by atoms with Gasteiger partial charge in [-0.3, -0.25) is 9.78 Å². The normalized spacial score (nSPS) is 15.3. The van der Waals surface area contributed by atoms with E-state index >= 15 is 0 Å². The predicted octanol–water partition coefficient (Wildman–Crippen LogP) is 2.15. The molecule has 0 radical (unpaired) electrons. The van der Waals surface area contributed by atoms with Crippen LogP contribution in [-0.4, -0.2) is 51.2 Å². The molecule has 3 rings (SSSR count). The van der Waals surface area contributed by atoms with Crippen molar-refractivity contribution in [2.24, 2.45) is 0 Å². The average molecular weight is 409 g/mol. The van der Waals surface area contributed by atoms with Crippen molar-refractivity contribution in [2.45, 2.75) is 24.0 Å². The highest BCUT2D eigenvalue weighted by Crippen LogP contribution is 2.27. The van der Waals surface area contributed by atoms with Crippen molar-refractivity contribution >= 4 is 39.4 Å². The molecule has 0 atom stereocenters. The average Bonchev–Trinajstić information content (AvgIpc) is 2.63. The molecule has 1 N–H and O–H groups in total. The van der Waals surface area contributed by atoms with Gasteiger partial charge in [0.15, 0.2) is 5.16 Å². The second-order valence-electron chi connectivity index (χ2n) is 5.35. The van der Waals surface area contributed by atoms with Crippen LogP contribution in [0.4, 0.5) is 5.82 Å². The molecule has 3 heterocycles. The van der Waals surface area contributed by atoms with Crippen LogP contribution in [0.15, 0.2) is 34.4 Å². The van der Waals surface area contributed by atoms with Crippen LogP contribution in [0.2, 0.25) is 0 Å². The summed E-state index contributed by atoms with van der Waals surface area (Å²) in [7, 11) is 0. The van der Waals surface area contributed by atoms with E-state index in [0.717, 1.165) is 41.4 Å². The molecule has 24 heavy (non-hydrogen) atoms. The van der Waals surface area contributed by atoms with Crippen molar-refractivity contribution in [3.05, 3.63) is 35.0 Å². The Bertz CT molecular complexity index is 708. The van der Waals surface area contributed by atoms with Gasteiger partial charge in [-0.05, 0) is 35.0 Å². The molecule has 0 unspecified atom stereocenters. The van der Waals surface area contributed by atoms with Gasteiger partial charge in [-0.2, -0.15) is 0 Å². The summed E-state index contributed by atoms with van der Waals surface area (Å²) in [4.78, 5) is 31.1. The first-order chi connectivity index (χ1) is 11.7. The number of anilines is 1. The van der Waals surface area contributed by atoms with Crippen molar-refractivity contribution in [3.8, 4) is 0 Å². The lowest BCUT2D eigenvalue weighted by Crippen LogP contribution is -2.45. The zero-order valence-corrected chi connectivity index (χ0v) is 15.5. The first-order valence-electron chi connectivity index (χ1n) is 7.55. The zero-order chi connectivity index (χ0) is 16.9. The van der Waals surface area contributed by atoms with Gasteiger partial charge in [-0.25, -0.2) is 15.0 Å². The van der Waals surface area contributed by atoms with Crippen molar-refractivity contribution in [2.75, 3.05) is 24.2 Å². The highest BCUT2D eigenvalue weighted by Gasteiger charge is 2.24. The van der Waals surface area contributed by atoms with E-state index in [4.69, 9.17) is 0 Å². The van der Waals surface area contributed by atoms with Crippen LogP contribution in [0.25, 0.3) is 0 Å². The molecular formula is C15H17BrN6OS. The van der Waals surface area contributed by atoms with Gasteiger partial charge in [0, 0.05) is 37.7 Å². The molecule has 126 valence electrons. The maximum absolute atomic E-state index is 12.1. The van der Waals surface area contributed by atoms with Crippen molar-refractivity contribution in [1.29, 1.82) is 0 Å². The van der Waals surface area contributed by atoms with Crippen LogP contribution in [0.3, 0.4) is 0 Å². The quantitative estimate of drug-likeness (QED) is 0.612. The number of hydrogen-bond donors (Lipinski definition) is 1. The molecule has 0 saturated carbocycles. The third kappa shape index (κ3) is 4.02. The third-order valence-corrected chi connectivity index (χ3v) is 4.93. The number of aromatic nitrogens is 4. The third-order valence-electron chi connectivity index (χ3n) is 3.81. The Morgan fingerprint density at radius 3 is 2.75 bits per heavy atom. The summed E-state index contributed by atoms with van der Waals surface area (Å²) in [6, 6.07) is 0.136. The number of carbonyl (C=O) groups is 1. The van der Waals surface area contributed by atoms with E-state index in [1.165, 1.54) is 24.2 Å². The van der Waals surface area contributed by atoms with E-state index in [0.29, 0.717) is 5.69 Å². The number of piperidine rings is 1. The molecule has 7 nitrogen and oxygen atoms in total. The zero-order valence-electron chi connectivity index (χ0n) is 13.1. The van der Waals surface area contributed by atoms with Gasteiger partial charge in [0.25, 0.3) is 5.91 Å². The molecule has 0 aromatic carbocycles. The molecule has 0 bridgehead atoms. The molecule has 2 aromatic heterocycles. The molecule has 2 aromatic rings. The van der Waals surface area contributed by atoms with E-state index in [2.05, 4.69) is 46.1 Å². The van der Waals surface area contributed by atoms with E-state index in [-0.39, 0.29) is 11.9 Å². The first-order valence-corrected chi connectivity index (χ1v) is 9.57. The van der Waals surface area contributed by atoms with Gasteiger partial charge in [0.1, 0.15) is 11.5 Å². The van der Waals surface area contributed by atoms with E-state index in [1.54, 1.807) is 12.4 Å². The molecule has 0 aliphatic carbocycles. The van der Waals surface area contributed by atoms with E-state index in [1.807, 2.05) is 6.26 Å². The fourth-order valence-electron chi connectivity index (χ4n) is 2.57. The summed E-state index contributed by atoms with van der Waals surface area (Å²) in [5.74, 6) is 0.738. The monoisotopic (exact) mass is 408 g/mol. The van der Waals surface area contributed by atoms with Gasteiger partial charge in [0.05, 0.1) is 10.7 Å². The summed E-state index contributed by atoms with van der Waals surface area (Å²) in [5, 5.41) is 3.78. The predicted molar refractivity (Wildman–Crippen MR) is 96.2 cm³/mol. The lowest BCUT2D eigenvalue weighted by atomic mass is 10.0. The van der Waals surface area contributed by atoms with Crippen molar-refractivity contribution < 1.29 is 4.79 Å². The topological polar surface area (TPSA) is 83.9 Å². The lowest BCUT2D eigenvalue weighted by molar-refractivity contribution is 0.0925. The van der Waals surface area contributed by atoms with Gasteiger partial charge >= 0.3 is 0 Å². The summed E-state index contributed by atoms with van der Waals surface area (Å²) in [6.45, 7) is 1.66. The fourth-order valence-corrected chi connectivity index (χ4v) is 3.35. The molecule has 1 aliphatic heterocycles. The molecule has 1 fully saturated rings. The Morgan fingerprint density at radius 2 is 2.08 bits per heavy atom. The van der Waals surface area contributed by atoms with E-state index in [9.17, 15) is 4.79 Å². The van der Waals surface area contributed by atoms with Gasteiger partial charge in [-0.15, -0.1) is 0 Å². The molecule has 1 saturated heterocycles. The minimum absolute atomic E-state index is 0.136. The van der Waals surface area contributed by atoms with Crippen LogP contribution in [-0.2, 0) is 0 Å². The van der Waals surface area contributed by atoms with Crippen molar-refractivity contribution in [3.63, 3.8) is 0 Å². The van der Waals surface area contributed by atoms with Crippen molar-refractivity contribution in [1.82, 2.24) is 25.3 Å². The smallest absolute Gasteiger partial charge is 0.271 e. The number of carbonyl (C=O) groups excluding carboxylic acids is 1. The largest absolute Gasteiger partial charge is 0.355 e. The maximum atomic E-state index is 12.1. The highest BCUT2D eigenvalue weighted by molar-refractivity contribution is 9.10. The van der Waals surface area contributed by atoms with Gasteiger partial charge in [-0.1, -0.05) is 11.8 Å². The number of amides is 1. The molecular weight excluding hydrogens is 392 g/mol. The van der Waals surface area contributed by atoms with Crippen LogP contribution < -0.4 is 10.2 Å². The Labute approximate surface area is 152 Å². The highest BCUT2D eigenvalue weighted by atomic mass is 79.9. The summed E-state index contributed by atoms with van der Waals surface area (Å²) >= 11 is 5.04. The molecule has 0 spiro atoms. The Morgan fingerprint density at radius 1 is 1.29 bits per heavy atom. The lowest BCUT2D eigenvalue weighted by Gasteiger charge is -2.33. The van der Waals surface area contributed by atoms with Gasteiger partial charge < -0.3 is 10.2 Å². The van der Waals surface area contributed by atoms with Crippen LogP contribution in [0.5, 0.6) is 0 Å². The molecule has 1 aliphatic rings. The van der Waals surface area contributed by atoms with Crippen LogP contribution >= 0.6 is 27.7 Å². The van der Waals surface area contributed by atoms with E-state index < -0.39 is 0 Å². The van der Waals surface area contributed by atoms with Crippen LogP contribution in [0, 0.1) is 0 Å². The number of thioether (sulfide) groups is 1. The van der Waals surface area contributed by atoms with Gasteiger partial charge in [0.2, 0.25) is 0 Å². The standard InChI is InChI=1S/C15H17BrN6OS/c1-24-15-19-8-11(16)13(21-15)22-6-2-10(3-7-22)20-14(23)12-9-17-4-5-18-12/h4-5,8-10H,2-3,6-7H2,1H3,(H,20,23). The second-order valence-corrected chi connectivity index (χ2v) is 6.98. The fraction of sp³-hybridized carbons (Fsp3) is 0.400. The number of hydrogen-bond acceptors (Lipinski definition) is 7. The molecule has 1 amide bonds. The number of nitrogens with one attached hydrogen (secondary N) is 1. The Hall–Kier alpha value is -1.74. The SMILES string of the molecule is CSc1ncc(Br)c(N2CCC(NC(=O)c3cnccn3)CC2)n1. The number of halogens is 1. The number of rotatable bonds is 4. The minimum Gasteiger partial charge on any atom is -0.355 e.